The maximum atomic E-state index is 12.1. The minimum Gasteiger partial charge on any atom is -0.496 e. The van der Waals surface area contributed by atoms with Crippen molar-refractivity contribution < 1.29 is 9.53 Å². The largest absolute Gasteiger partial charge is 0.496 e. The van der Waals surface area contributed by atoms with Crippen molar-refractivity contribution in [2.45, 2.75) is 44.2 Å². The summed E-state index contributed by atoms with van der Waals surface area (Å²) in [7, 11) is 5.87. The summed E-state index contributed by atoms with van der Waals surface area (Å²) in [5, 5.41) is 6.08. The van der Waals surface area contributed by atoms with Crippen LogP contribution in [0.3, 0.4) is 0 Å². The topological polar surface area (TPSA) is 53.6 Å². The van der Waals surface area contributed by atoms with E-state index in [1.807, 2.05) is 24.3 Å². The SMILES string of the molecule is COc1ccccc1C(C)CNC(=O)NC1CCC(N(C)C)C1. The van der Waals surface area contributed by atoms with Crippen molar-refractivity contribution in [1.82, 2.24) is 15.5 Å². The molecule has 1 fully saturated rings. The Kier molecular flexibility index (Phi) is 6.28. The number of carbonyl (C=O) groups excluding carboxylic acids is 1. The summed E-state index contributed by atoms with van der Waals surface area (Å²) >= 11 is 0. The molecular formula is C18H29N3O2. The van der Waals surface area contributed by atoms with E-state index in [2.05, 4.69) is 36.6 Å². The lowest BCUT2D eigenvalue weighted by atomic mass is 10.0. The summed E-state index contributed by atoms with van der Waals surface area (Å²) in [6, 6.07) is 8.73. The standard InChI is InChI=1S/C18H29N3O2/c1-13(16-7-5-6-8-17(16)23-4)12-19-18(22)20-14-9-10-15(11-14)21(2)3/h5-8,13-15H,9-12H2,1-4H3,(H2,19,20,22). The highest BCUT2D eigenvalue weighted by molar-refractivity contribution is 5.74. The van der Waals surface area contributed by atoms with Gasteiger partial charge in [-0.2, -0.15) is 0 Å². The van der Waals surface area contributed by atoms with Gasteiger partial charge in [-0.15, -0.1) is 0 Å². The number of para-hydroxylation sites is 1. The fourth-order valence-electron chi connectivity index (χ4n) is 3.22. The van der Waals surface area contributed by atoms with Crippen molar-refractivity contribution in [3.8, 4) is 5.75 Å². The predicted octanol–water partition coefficient (Wildman–Crippen LogP) is 2.58. The van der Waals surface area contributed by atoms with Crippen LogP contribution < -0.4 is 15.4 Å². The van der Waals surface area contributed by atoms with Gasteiger partial charge in [0.2, 0.25) is 0 Å². The average molecular weight is 319 g/mol. The molecule has 3 atom stereocenters. The van der Waals surface area contributed by atoms with Crippen molar-refractivity contribution in [3.63, 3.8) is 0 Å². The van der Waals surface area contributed by atoms with Crippen LogP contribution in [0.2, 0.25) is 0 Å². The normalized spacial score (nSPS) is 22.0. The molecule has 23 heavy (non-hydrogen) atoms. The minimum atomic E-state index is -0.0730. The summed E-state index contributed by atoms with van der Waals surface area (Å²) < 4.78 is 5.38. The third kappa shape index (κ3) is 4.86. The van der Waals surface area contributed by atoms with E-state index in [4.69, 9.17) is 4.74 Å². The number of carbonyl (C=O) groups is 1. The van der Waals surface area contributed by atoms with Gasteiger partial charge in [-0.3, -0.25) is 0 Å². The summed E-state index contributed by atoms with van der Waals surface area (Å²) in [5.41, 5.74) is 1.11. The molecule has 0 aliphatic heterocycles. The lowest BCUT2D eigenvalue weighted by Crippen LogP contribution is -2.42. The van der Waals surface area contributed by atoms with Gasteiger partial charge in [-0.25, -0.2) is 4.79 Å². The van der Waals surface area contributed by atoms with Crippen molar-refractivity contribution in [2.75, 3.05) is 27.7 Å². The molecule has 2 amide bonds. The molecule has 0 saturated heterocycles. The first-order valence-electron chi connectivity index (χ1n) is 8.35. The lowest BCUT2D eigenvalue weighted by Gasteiger charge is -2.20. The smallest absolute Gasteiger partial charge is 0.315 e. The van der Waals surface area contributed by atoms with Gasteiger partial charge < -0.3 is 20.3 Å². The van der Waals surface area contributed by atoms with Crippen molar-refractivity contribution in [2.24, 2.45) is 0 Å². The first-order valence-corrected chi connectivity index (χ1v) is 8.35. The lowest BCUT2D eigenvalue weighted by molar-refractivity contribution is 0.235. The van der Waals surface area contributed by atoms with Gasteiger partial charge in [0.05, 0.1) is 7.11 Å². The van der Waals surface area contributed by atoms with Crippen LogP contribution >= 0.6 is 0 Å². The molecule has 1 aromatic rings. The number of hydrogen-bond acceptors (Lipinski definition) is 3. The van der Waals surface area contributed by atoms with Crippen LogP contribution in [0.15, 0.2) is 24.3 Å². The summed E-state index contributed by atoms with van der Waals surface area (Å²) in [4.78, 5) is 14.3. The van der Waals surface area contributed by atoms with E-state index < -0.39 is 0 Å². The van der Waals surface area contributed by atoms with Crippen LogP contribution in [0.5, 0.6) is 5.75 Å². The van der Waals surface area contributed by atoms with E-state index in [-0.39, 0.29) is 18.0 Å². The predicted molar refractivity (Wildman–Crippen MR) is 93.1 cm³/mol. The van der Waals surface area contributed by atoms with Crippen molar-refractivity contribution in [1.29, 1.82) is 0 Å². The number of benzene rings is 1. The molecule has 0 bridgehead atoms. The molecule has 1 aliphatic rings. The summed E-state index contributed by atoms with van der Waals surface area (Å²) in [6.45, 7) is 2.69. The zero-order valence-electron chi connectivity index (χ0n) is 14.6. The molecule has 0 aromatic heterocycles. The van der Waals surface area contributed by atoms with Gasteiger partial charge >= 0.3 is 6.03 Å². The molecule has 0 radical (unpaired) electrons. The highest BCUT2D eigenvalue weighted by Crippen LogP contribution is 2.25. The number of amides is 2. The molecule has 3 unspecified atom stereocenters. The molecule has 128 valence electrons. The molecular weight excluding hydrogens is 290 g/mol. The van der Waals surface area contributed by atoms with Crippen LogP contribution in [0.1, 0.15) is 37.7 Å². The number of methoxy groups -OCH3 is 1. The van der Waals surface area contributed by atoms with Crippen molar-refractivity contribution in [3.05, 3.63) is 29.8 Å². The second-order valence-corrected chi connectivity index (χ2v) is 6.62. The molecule has 1 aliphatic carbocycles. The van der Waals surface area contributed by atoms with E-state index in [1.165, 1.54) is 0 Å². The Bertz CT molecular complexity index is 519. The van der Waals surface area contributed by atoms with Crippen LogP contribution in [0, 0.1) is 0 Å². The van der Waals surface area contributed by atoms with E-state index in [1.54, 1.807) is 7.11 Å². The Morgan fingerprint density at radius 2 is 2.09 bits per heavy atom. The molecule has 2 N–H and O–H groups in total. The van der Waals surface area contributed by atoms with Gasteiger partial charge in [0.1, 0.15) is 5.75 Å². The number of rotatable bonds is 6. The minimum absolute atomic E-state index is 0.0730. The molecule has 1 aromatic carbocycles. The Morgan fingerprint density at radius 3 is 2.74 bits per heavy atom. The van der Waals surface area contributed by atoms with Crippen LogP contribution in [0.4, 0.5) is 4.79 Å². The van der Waals surface area contributed by atoms with Gasteiger partial charge in [-0.1, -0.05) is 25.1 Å². The number of nitrogens with one attached hydrogen (secondary N) is 2. The number of urea groups is 1. The number of ether oxygens (including phenoxy) is 1. The van der Waals surface area contributed by atoms with Gasteiger partial charge in [0.15, 0.2) is 0 Å². The third-order valence-electron chi connectivity index (χ3n) is 4.71. The maximum Gasteiger partial charge on any atom is 0.315 e. The van der Waals surface area contributed by atoms with Gasteiger partial charge in [0, 0.05) is 24.5 Å². The van der Waals surface area contributed by atoms with E-state index in [9.17, 15) is 4.79 Å². The quantitative estimate of drug-likeness (QED) is 0.847. The maximum absolute atomic E-state index is 12.1. The third-order valence-corrected chi connectivity index (χ3v) is 4.71. The first kappa shape index (κ1) is 17.6. The Labute approximate surface area is 139 Å². The monoisotopic (exact) mass is 319 g/mol. The van der Waals surface area contributed by atoms with Gasteiger partial charge in [-0.05, 0) is 45.0 Å². The number of nitrogens with zero attached hydrogens (tertiary/aromatic N) is 1. The van der Waals surface area contributed by atoms with Crippen LogP contribution in [-0.4, -0.2) is 50.8 Å². The molecule has 2 rings (SSSR count). The Morgan fingerprint density at radius 1 is 1.35 bits per heavy atom. The molecule has 1 saturated carbocycles. The zero-order valence-corrected chi connectivity index (χ0v) is 14.6. The molecule has 5 nitrogen and oxygen atoms in total. The Hall–Kier alpha value is -1.75. The summed E-state index contributed by atoms with van der Waals surface area (Å²) in [6.07, 6.45) is 3.23. The van der Waals surface area contributed by atoms with Crippen LogP contribution in [0.25, 0.3) is 0 Å². The molecule has 0 heterocycles. The fourth-order valence-corrected chi connectivity index (χ4v) is 3.22. The van der Waals surface area contributed by atoms with Gasteiger partial charge in [0.25, 0.3) is 0 Å². The second kappa shape index (κ2) is 8.20. The summed E-state index contributed by atoms with van der Waals surface area (Å²) in [5.74, 6) is 1.07. The average Bonchev–Trinajstić information content (AvgIpc) is 3.01. The van der Waals surface area contributed by atoms with E-state index in [0.717, 1.165) is 30.6 Å². The van der Waals surface area contributed by atoms with Crippen molar-refractivity contribution >= 4 is 6.03 Å². The van der Waals surface area contributed by atoms with E-state index in [0.29, 0.717) is 12.6 Å². The van der Waals surface area contributed by atoms with E-state index >= 15 is 0 Å². The Balaban J connectivity index is 1.78. The second-order valence-electron chi connectivity index (χ2n) is 6.62. The molecule has 0 spiro atoms. The van der Waals surface area contributed by atoms with Crippen LogP contribution in [-0.2, 0) is 0 Å². The number of hydrogen-bond donors (Lipinski definition) is 2. The highest BCUT2D eigenvalue weighted by Gasteiger charge is 2.27. The first-order chi connectivity index (χ1) is 11.0. The highest BCUT2D eigenvalue weighted by atomic mass is 16.5. The fraction of sp³-hybridized carbons (Fsp3) is 0.611. The zero-order chi connectivity index (χ0) is 16.8. The molecule has 5 heteroatoms.